The number of nitrogens with two attached hydrogens (primary N) is 1. The zero-order valence-corrected chi connectivity index (χ0v) is 22.6. The van der Waals surface area contributed by atoms with Crippen LogP contribution in [-0.2, 0) is 35.6 Å². The van der Waals surface area contributed by atoms with Crippen molar-refractivity contribution >= 4 is 23.2 Å². The van der Waals surface area contributed by atoms with E-state index in [1.807, 2.05) is 29.2 Å². The Morgan fingerprint density at radius 2 is 1.83 bits per heavy atom. The number of benzene rings is 2. The normalized spacial score (nSPS) is 27.6. The number of halogens is 1. The highest BCUT2D eigenvalue weighted by molar-refractivity contribution is 6.33. The Bertz CT molecular complexity index is 1590. The van der Waals surface area contributed by atoms with E-state index in [1.165, 1.54) is 11.0 Å². The number of Topliss-reactive ketones (excluding diaryl/α,β-unsaturated/α-hetero) is 1. The van der Waals surface area contributed by atoms with E-state index < -0.39 is 69.5 Å². The maximum absolute atomic E-state index is 16.1. The Kier molecular flexibility index (Phi) is 6.11. The van der Waals surface area contributed by atoms with Crippen LogP contribution in [0.5, 0.6) is 5.75 Å². The van der Waals surface area contributed by atoms with Gasteiger partial charge in [-0.05, 0) is 50.0 Å². The minimum Gasteiger partial charge on any atom is -0.510 e. The van der Waals surface area contributed by atoms with Gasteiger partial charge in [-0.15, -0.1) is 0 Å². The van der Waals surface area contributed by atoms with Crippen LogP contribution in [0.25, 0.3) is 5.76 Å². The molecule has 0 spiro atoms. The van der Waals surface area contributed by atoms with Crippen molar-refractivity contribution < 1.29 is 34.4 Å². The van der Waals surface area contributed by atoms with E-state index in [4.69, 9.17) is 11.1 Å². The molecular weight excluding hydrogens is 531 g/mol. The zero-order chi connectivity index (χ0) is 29.5. The molecule has 7 N–H and O–H groups in total. The van der Waals surface area contributed by atoms with Gasteiger partial charge in [-0.1, -0.05) is 24.3 Å². The molecule has 41 heavy (non-hydrogen) atoms. The molecule has 1 fully saturated rings. The van der Waals surface area contributed by atoms with Crippen LogP contribution in [0.2, 0.25) is 0 Å². The number of hydrogen-bond donors (Lipinski definition) is 6. The molecule has 2 aromatic rings. The Morgan fingerprint density at radius 1 is 1.20 bits per heavy atom. The number of fused-ring (bicyclic) bond motifs is 4. The van der Waals surface area contributed by atoms with Crippen molar-refractivity contribution in [3.63, 3.8) is 0 Å². The highest BCUT2D eigenvalue weighted by Crippen LogP contribution is 2.52. The number of aliphatic hydroxyl groups is 3. The minimum absolute atomic E-state index is 0.0196. The summed E-state index contributed by atoms with van der Waals surface area (Å²) in [6.45, 7) is 1.48. The summed E-state index contributed by atoms with van der Waals surface area (Å²) < 4.78 is 16.1. The molecule has 214 valence electrons. The number of likely N-dealkylation sites (N-methyl/N-ethyl adjacent to an activating group) is 1. The Labute approximate surface area is 235 Å². The van der Waals surface area contributed by atoms with Crippen LogP contribution in [0.15, 0.2) is 47.2 Å². The number of rotatable bonds is 4. The number of primary amides is 1. The van der Waals surface area contributed by atoms with Gasteiger partial charge in [0.25, 0.3) is 5.91 Å². The molecule has 0 saturated heterocycles. The lowest BCUT2D eigenvalue weighted by molar-refractivity contribution is -0.138. The average Bonchev–Trinajstić information content (AvgIpc) is 3.31. The number of phenolic OH excluding ortho intramolecular Hbond substituents is 1. The first-order valence-corrected chi connectivity index (χ1v) is 13.4. The number of carbonyl (C=O) groups excluding carboxylic acids is 2. The van der Waals surface area contributed by atoms with Crippen molar-refractivity contribution in [1.82, 2.24) is 9.80 Å². The summed E-state index contributed by atoms with van der Waals surface area (Å²) in [6, 6.07) is 8.14. The smallest absolute Gasteiger partial charge is 0.254 e. The van der Waals surface area contributed by atoms with E-state index in [2.05, 4.69) is 0 Å². The number of amides is 1. The SMILES string of the molecule is CN(C)[C@@H]1C(O)=C(C(N)=O)C(=N)[C@@]2(O)C(=O)C3=C(O)c4c(O)cc(CN5Cc6ccccc6C5)c(F)c4C[C@H]3C[C@@H]12. The summed E-state index contributed by atoms with van der Waals surface area (Å²) in [5.41, 5.74) is 3.47. The molecule has 4 aliphatic rings. The van der Waals surface area contributed by atoms with Crippen molar-refractivity contribution in [3.8, 4) is 5.75 Å². The molecule has 1 saturated carbocycles. The van der Waals surface area contributed by atoms with Gasteiger partial charge in [0.2, 0.25) is 5.78 Å². The third kappa shape index (κ3) is 3.76. The lowest BCUT2D eigenvalue weighted by Crippen LogP contribution is -2.67. The molecule has 1 amide bonds. The predicted molar refractivity (Wildman–Crippen MR) is 146 cm³/mol. The second-order valence-corrected chi connectivity index (χ2v) is 11.6. The fourth-order valence-electron chi connectivity index (χ4n) is 7.27. The van der Waals surface area contributed by atoms with Crippen molar-refractivity contribution in [1.29, 1.82) is 5.41 Å². The zero-order valence-electron chi connectivity index (χ0n) is 22.6. The number of carbonyl (C=O) groups is 2. The first kappa shape index (κ1) is 27.1. The Balaban J connectivity index is 1.42. The van der Waals surface area contributed by atoms with Gasteiger partial charge in [-0.3, -0.25) is 19.4 Å². The molecule has 0 aromatic heterocycles. The van der Waals surface area contributed by atoms with Gasteiger partial charge >= 0.3 is 0 Å². The molecule has 2 aromatic carbocycles. The fourth-order valence-corrected chi connectivity index (χ4v) is 7.27. The standard InChI is InChI=1S/C30H31FN4O6/c1-34(2)24-18-8-15-7-17-21(25(37)20(15)28(39)30(18,41)27(32)22(26(24)38)29(33)40)19(36)9-16(23(17)31)12-35-10-13-5-3-4-6-14(13)11-35/h3-6,9,15,18,24,32,36-38,41H,7-8,10-12H2,1-2H3,(H2,33,40)/t15-,18-,24-,30+/m0/s1. The van der Waals surface area contributed by atoms with Crippen molar-refractivity contribution in [2.75, 3.05) is 14.1 Å². The summed E-state index contributed by atoms with van der Waals surface area (Å²) >= 11 is 0. The van der Waals surface area contributed by atoms with Gasteiger partial charge < -0.3 is 31.6 Å². The molecule has 11 heteroatoms. The maximum Gasteiger partial charge on any atom is 0.254 e. The van der Waals surface area contributed by atoms with Crippen LogP contribution in [0.4, 0.5) is 4.39 Å². The highest BCUT2D eigenvalue weighted by Gasteiger charge is 2.63. The molecule has 4 atom stereocenters. The largest absolute Gasteiger partial charge is 0.510 e. The number of phenols is 1. The van der Waals surface area contributed by atoms with Gasteiger partial charge in [0, 0.05) is 42.3 Å². The number of nitrogens with zero attached hydrogens (tertiary/aromatic N) is 2. The van der Waals surface area contributed by atoms with Crippen LogP contribution in [0.3, 0.4) is 0 Å². The fraction of sp³-hybridized carbons (Fsp3) is 0.367. The van der Waals surface area contributed by atoms with E-state index in [-0.39, 0.29) is 41.6 Å². The maximum atomic E-state index is 16.1. The lowest BCUT2D eigenvalue weighted by atomic mass is 9.57. The summed E-state index contributed by atoms with van der Waals surface area (Å²) in [4.78, 5) is 29.6. The number of nitrogens with one attached hydrogen (secondary N) is 1. The minimum atomic E-state index is -2.58. The third-order valence-corrected chi connectivity index (χ3v) is 9.08. The van der Waals surface area contributed by atoms with Crippen LogP contribution < -0.4 is 5.73 Å². The van der Waals surface area contributed by atoms with Crippen LogP contribution in [-0.4, -0.2) is 73.4 Å². The van der Waals surface area contributed by atoms with Crippen LogP contribution in [0, 0.1) is 23.1 Å². The van der Waals surface area contributed by atoms with Gasteiger partial charge in [-0.25, -0.2) is 4.39 Å². The average molecular weight is 563 g/mol. The van der Waals surface area contributed by atoms with E-state index in [1.54, 1.807) is 14.1 Å². The Hall–Kier alpha value is -4.06. The predicted octanol–water partition coefficient (Wildman–Crippen LogP) is 2.07. The Morgan fingerprint density at radius 3 is 2.41 bits per heavy atom. The second-order valence-electron chi connectivity index (χ2n) is 11.6. The molecule has 1 heterocycles. The molecule has 0 unspecified atom stereocenters. The number of hydrogen-bond acceptors (Lipinski definition) is 9. The second kappa shape index (κ2) is 9.23. The molecule has 0 bridgehead atoms. The monoisotopic (exact) mass is 562 g/mol. The van der Waals surface area contributed by atoms with Crippen molar-refractivity contribution in [3.05, 3.63) is 80.9 Å². The van der Waals surface area contributed by atoms with Crippen molar-refractivity contribution in [2.45, 2.75) is 44.1 Å². The third-order valence-electron chi connectivity index (χ3n) is 9.08. The summed E-state index contributed by atoms with van der Waals surface area (Å²) in [5.74, 6) is -6.28. The van der Waals surface area contributed by atoms with E-state index >= 15 is 4.39 Å². The van der Waals surface area contributed by atoms with Crippen LogP contribution in [0.1, 0.15) is 34.2 Å². The van der Waals surface area contributed by atoms with E-state index in [0.717, 1.165) is 11.1 Å². The topological polar surface area (TPSA) is 171 Å². The number of ketones is 1. The van der Waals surface area contributed by atoms with Crippen LogP contribution >= 0.6 is 0 Å². The molecular formula is C30H31FN4O6. The first-order chi connectivity index (χ1) is 19.4. The van der Waals surface area contributed by atoms with E-state index in [9.17, 15) is 30.0 Å². The molecule has 1 aliphatic heterocycles. The van der Waals surface area contributed by atoms with Gasteiger partial charge in [0.15, 0.2) is 5.60 Å². The molecule has 0 radical (unpaired) electrons. The summed E-state index contributed by atoms with van der Waals surface area (Å²) in [6.07, 6.45) is -0.0740. The summed E-state index contributed by atoms with van der Waals surface area (Å²) in [7, 11) is 3.16. The summed E-state index contributed by atoms with van der Waals surface area (Å²) in [5, 5.41) is 53.5. The van der Waals surface area contributed by atoms with E-state index in [0.29, 0.717) is 13.1 Å². The molecule has 6 rings (SSSR count). The van der Waals surface area contributed by atoms with Gasteiger partial charge in [-0.2, -0.15) is 0 Å². The number of aromatic hydroxyl groups is 1. The molecule has 3 aliphatic carbocycles. The quantitative estimate of drug-likeness (QED) is 0.329. The lowest BCUT2D eigenvalue weighted by Gasteiger charge is -2.51. The van der Waals surface area contributed by atoms with Gasteiger partial charge in [0.05, 0.1) is 17.3 Å². The first-order valence-electron chi connectivity index (χ1n) is 13.4. The van der Waals surface area contributed by atoms with Gasteiger partial charge in [0.1, 0.15) is 28.7 Å². The molecule has 10 nitrogen and oxygen atoms in total. The van der Waals surface area contributed by atoms with Crippen molar-refractivity contribution in [2.24, 2.45) is 17.6 Å². The highest BCUT2D eigenvalue weighted by atomic mass is 19.1. The number of aliphatic hydroxyl groups excluding tert-OH is 2.